The van der Waals surface area contributed by atoms with Crippen LogP contribution >= 0.6 is 0 Å². The fourth-order valence-corrected chi connectivity index (χ4v) is 5.55. The second-order valence-electron chi connectivity index (χ2n) is 10.8. The Bertz CT molecular complexity index is 1080. The first-order valence-corrected chi connectivity index (χ1v) is 12.6. The van der Waals surface area contributed by atoms with Crippen molar-refractivity contribution in [1.82, 2.24) is 10.2 Å². The molecule has 0 bridgehead atoms. The van der Waals surface area contributed by atoms with Gasteiger partial charge in [-0.05, 0) is 69.4 Å². The highest BCUT2D eigenvalue weighted by atomic mass is 16.6. The minimum Gasteiger partial charge on any atom is -0.444 e. The predicted molar refractivity (Wildman–Crippen MR) is 134 cm³/mol. The van der Waals surface area contributed by atoms with Gasteiger partial charge < -0.3 is 25.0 Å². The fraction of sp³-hybridized carbons (Fsp3) is 0.500. The van der Waals surface area contributed by atoms with Gasteiger partial charge in [-0.1, -0.05) is 30.3 Å². The number of carbonyl (C=O) groups excluding carboxylic acids is 2. The third kappa shape index (κ3) is 5.01. The molecule has 5 rings (SSSR count). The molecule has 0 radical (unpaired) electrons. The van der Waals surface area contributed by atoms with Gasteiger partial charge in [-0.2, -0.15) is 0 Å². The molecule has 3 aliphatic rings. The number of rotatable bonds is 4. The van der Waals surface area contributed by atoms with E-state index in [1.807, 2.05) is 62.1 Å². The molecule has 3 heterocycles. The number of hydrogen-bond acceptors (Lipinski definition) is 5. The number of fused-ring (bicyclic) bond motifs is 3. The van der Waals surface area contributed by atoms with Crippen LogP contribution in [0.3, 0.4) is 0 Å². The zero-order valence-electron chi connectivity index (χ0n) is 20.8. The smallest absolute Gasteiger partial charge is 0.410 e. The number of nitrogens with zero attached hydrogens (tertiary/aromatic N) is 1. The summed E-state index contributed by atoms with van der Waals surface area (Å²) in [5.41, 5.74) is 3.13. The average molecular weight is 478 g/mol. The van der Waals surface area contributed by atoms with E-state index in [4.69, 9.17) is 9.47 Å². The zero-order valence-corrected chi connectivity index (χ0v) is 20.8. The number of anilines is 1. The SMILES string of the molecule is CC(C)(C)OC(=O)N1CC[C@H]2C(c3ccccc3)Nc3ccc(C(=O)NCC4CCCO4)cc3[C@H]21. The van der Waals surface area contributed by atoms with Crippen LogP contribution in [0.5, 0.6) is 0 Å². The largest absolute Gasteiger partial charge is 0.444 e. The molecule has 2 unspecified atom stereocenters. The number of carbonyl (C=O) groups is 2. The van der Waals surface area contributed by atoms with Gasteiger partial charge in [-0.25, -0.2) is 4.79 Å². The number of likely N-dealkylation sites (tertiary alicyclic amines) is 1. The van der Waals surface area contributed by atoms with Crippen LogP contribution in [-0.2, 0) is 9.47 Å². The number of ether oxygens (including phenoxy) is 2. The van der Waals surface area contributed by atoms with Gasteiger partial charge in [-0.3, -0.25) is 4.79 Å². The molecule has 0 aromatic heterocycles. The Morgan fingerprint density at radius 3 is 2.66 bits per heavy atom. The van der Waals surface area contributed by atoms with E-state index in [0.29, 0.717) is 18.7 Å². The Morgan fingerprint density at radius 1 is 1.14 bits per heavy atom. The molecule has 35 heavy (non-hydrogen) atoms. The number of nitrogens with one attached hydrogen (secondary N) is 2. The first-order valence-electron chi connectivity index (χ1n) is 12.6. The molecule has 2 saturated heterocycles. The second-order valence-corrected chi connectivity index (χ2v) is 10.8. The lowest BCUT2D eigenvalue weighted by molar-refractivity contribution is 0.0198. The standard InChI is InChI=1S/C28H35N3O4/c1-28(2,3)35-27(33)31-14-13-21-24(18-8-5-4-6-9-18)30-23-12-11-19(16-22(23)25(21)31)26(32)29-17-20-10-7-15-34-20/h4-6,8-9,11-12,16,20-21,24-25,30H,7,10,13-15,17H2,1-3H3,(H,29,32)/t20?,21-,24?,25-/m0/s1. The lowest BCUT2D eigenvalue weighted by Crippen LogP contribution is -2.40. The van der Waals surface area contributed by atoms with Crippen LogP contribution in [0.1, 0.15) is 73.6 Å². The predicted octanol–water partition coefficient (Wildman–Crippen LogP) is 5.06. The van der Waals surface area contributed by atoms with Gasteiger partial charge in [-0.15, -0.1) is 0 Å². The Kier molecular flexibility index (Phi) is 6.45. The van der Waals surface area contributed by atoms with Crippen molar-refractivity contribution in [3.8, 4) is 0 Å². The third-order valence-electron chi connectivity index (χ3n) is 7.12. The first-order chi connectivity index (χ1) is 16.8. The van der Waals surface area contributed by atoms with E-state index >= 15 is 0 Å². The van der Waals surface area contributed by atoms with Crippen LogP contribution in [-0.4, -0.2) is 48.3 Å². The van der Waals surface area contributed by atoms with Gasteiger partial charge in [0.1, 0.15) is 5.60 Å². The number of benzene rings is 2. The quantitative estimate of drug-likeness (QED) is 0.643. The van der Waals surface area contributed by atoms with Crippen molar-refractivity contribution >= 4 is 17.7 Å². The van der Waals surface area contributed by atoms with Crippen LogP contribution in [0, 0.1) is 5.92 Å². The molecule has 4 atom stereocenters. The Morgan fingerprint density at radius 2 is 1.94 bits per heavy atom. The fourth-order valence-electron chi connectivity index (χ4n) is 5.55. The lowest BCUT2D eigenvalue weighted by Gasteiger charge is -2.40. The summed E-state index contributed by atoms with van der Waals surface area (Å²) in [6.45, 7) is 7.55. The van der Waals surface area contributed by atoms with Crippen molar-refractivity contribution in [3.05, 3.63) is 65.2 Å². The summed E-state index contributed by atoms with van der Waals surface area (Å²) in [6.07, 6.45) is 2.65. The summed E-state index contributed by atoms with van der Waals surface area (Å²) in [4.78, 5) is 28.0. The Balaban J connectivity index is 1.45. The van der Waals surface area contributed by atoms with Gasteiger partial charge in [0.15, 0.2) is 0 Å². The first kappa shape index (κ1) is 23.7. The zero-order chi connectivity index (χ0) is 24.6. The van der Waals surface area contributed by atoms with Crippen molar-refractivity contribution in [2.24, 2.45) is 5.92 Å². The summed E-state index contributed by atoms with van der Waals surface area (Å²) in [6, 6.07) is 16.0. The molecule has 186 valence electrons. The van der Waals surface area contributed by atoms with Crippen molar-refractivity contribution < 1.29 is 19.1 Å². The van der Waals surface area contributed by atoms with Gasteiger partial charge in [0.25, 0.3) is 5.91 Å². The van der Waals surface area contributed by atoms with Crippen molar-refractivity contribution in [1.29, 1.82) is 0 Å². The van der Waals surface area contributed by atoms with Crippen molar-refractivity contribution in [2.45, 2.75) is 63.8 Å². The molecule has 3 aliphatic heterocycles. The summed E-state index contributed by atoms with van der Waals surface area (Å²) >= 11 is 0. The molecule has 2 aromatic rings. The maximum absolute atomic E-state index is 13.2. The molecule has 0 aliphatic carbocycles. The molecule has 7 heteroatoms. The van der Waals surface area contributed by atoms with E-state index in [2.05, 4.69) is 22.8 Å². The average Bonchev–Trinajstić information content (AvgIpc) is 3.51. The van der Waals surface area contributed by atoms with Crippen LogP contribution in [0.2, 0.25) is 0 Å². The van der Waals surface area contributed by atoms with E-state index in [0.717, 1.165) is 37.1 Å². The van der Waals surface area contributed by atoms with Gasteiger partial charge in [0.2, 0.25) is 0 Å². The maximum Gasteiger partial charge on any atom is 0.410 e. The molecule has 7 nitrogen and oxygen atoms in total. The van der Waals surface area contributed by atoms with Gasteiger partial charge in [0, 0.05) is 36.9 Å². The molecular weight excluding hydrogens is 442 g/mol. The molecule has 0 saturated carbocycles. The van der Waals surface area contributed by atoms with Gasteiger partial charge >= 0.3 is 6.09 Å². The highest BCUT2D eigenvalue weighted by molar-refractivity contribution is 5.95. The Labute approximate surface area is 207 Å². The number of hydrogen-bond donors (Lipinski definition) is 2. The van der Waals surface area contributed by atoms with Crippen molar-refractivity contribution in [3.63, 3.8) is 0 Å². The highest BCUT2D eigenvalue weighted by Crippen LogP contribution is 2.51. The Hall–Kier alpha value is -3.06. The van der Waals surface area contributed by atoms with E-state index in [1.165, 1.54) is 5.56 Å². The summed E-state index contributed by atoms with van der Waals surface area (Å²) in [7, 11) is 0. The molecule has 2 N–H and O–H groups in total. The van der Waals surface area contributed by atoms with E-state index < -0.39 is 5.60 Å². The van der Waals surface area contributed by atoms with Crippen LogP contribution in [0.25, 0.3) is 0 Å². The van der Waals surface area contributed by atoms with E-state index in [9.17, 15) is 9.59 Å². The molecule has 2 aromatic carbocycles. The topological polar surface area (TPSA) is 79.9 Å². The minimum absolute atomic E-state index is 0.0697. The third-order valence-corrected chi connectivity index (χ3v) is 7.12. The highest BCUT2D eigenvalue weighted by Gasteiger charge is 2.47. The van der Waals surface area contributed by atoms with Gasteiger partial charge in [0.05, 0.1) is 18.2 Å². The summed E-state index contributed by atoms with van der Waals surface area (Å²) in [5.74, 6) is 0.0504. The van der Waals surface area contributed by atoms with E-state index in [-0.39, 0.29) is 36.1 Å². The van der Waals surface area contributed by atoms with E-state index in [1.54, 1.807) is 0 Å². The summed E-state index contributed by atoms with van der Waals surface area (Å²) in [5, 5.41) is 6.72. The van der Waals surface area contributed by atoms with Crippen LogP contribution < -0.4 is 10.6 Å². The van der Waals surface area contributed by atoms with Crippen LogP contribution in [0.4, 0.5) is 10.5 Å². The molecule has 0 spiro atoms. The van der Waals surface area contributed by atoms with Crippen molar-refractivity contribution in [2.75, 3.05) is 25.0 Å². The lowest BCUT2D eigenvalue weighted by atomic mass is 9.79. The maximum atomic E-state index is 13.2. The van der Waals surface area contributed by atoms with Crippen LogP contribution in [0.15, 0.2) is 48.5 Å². The normalized spacial score (nSPS) is 25.4. The molecular formula is C28H35N3O4. The summed E-state index contributed by atoms with van der Waals surface area (Å²) < 4.78 is 11.4. The molecule has 2 amide bonds. The number of amides is 2. The second kappa shape index (κ2) is 9.53. The molecule has 2 fully saturated rings. The minimum atomic E-state index is -0.576. The monoisotopic (exact) mass is 477 g/mol.